The van der Waals surface area contributed by atoms with Crippen molar-refractivity contribution in [3.05, 3.63) is 23.6 Å². The number of aromatic nitrogens is 4. The number of fused-ring (bicyclic) bond motifs is 1. The van der Waals surface area contributed by atoms with Crippen molar-refractivity contribution in [1.29, 1.82) is 0 Å². The van der Waals surface area contributed by atoms with Gasteiger partial charge in [-0.15, -0.1) is 5.10 Å². The molecule has 0 aliphatic heterocycles. The lowest BCUT2D eigenvalue weighted by Crippen LogP contribution is -2.02. The van der Waals surface area contributed by atoms with Crippen molar-refractivity contribution in [2.24, 2.45) is 0 Å². The normalized spacial score (nSPS) is 11.4. The van der Waals surface area contributed by atoms with Gasteiger partial charge in [-0.1, -0.05) is 35.8 Å². The van der Waals surface area contributed by atoms with Gasteiger partial charge in [0, 0.05) is 0 Å². The predicted molar refractivity (Wildman–Crippen MR) is 69.7 cm³/mol. The summed E-state index contributed by atoms with van der Waals surface area (Å²) in [5, 5.41) is 8.03. The van der Waals surface area contributed by atoms with Gasteiger partial charge in [-0.2, -0.15) is 0 Å². The molecule has 0 unspecified atom stereocenters. The van der Waals surface area contributed by atoms with Crippen LogP contribution in [0.2, 0.25) is 5.15 Å². The topological polar surface area (TPSA) is 78.3 Å². The summed E-state index contributed by atoms with van der Waals surface area (Å²) >= 11 is 5.79. The fraction of sp³-hybridized carbons (Fsp3) is 0.364. The van der Waals surface area contributed by atoms with Gasteiger partial charge in [0.1, 0.15) is 12.0 Å². The summed E-state index contributed by atoms with van der Waals surface area (Å²) < 4.78 is 7.07. The van der Waals surface area contributed by atoms with E-state index in [1.54, 1.807) is 4.40 Å². The van der Waals surface area contributed by atoms with E-state index in [1.165, 1.54) is 6.33 Å². The Balaban J connectivity index is 2.10. The van der Waals surface area contributed by atoms with Crippen LogP contribution in [0.4, 0.5) is 5.69 Å². The SMILES string of the molecule is CCC=CCCOc1nnc2c(N)c(Cl)ncn12. The summed E-state index contributed by atoms with van der Waals surface area (Å²) in [5.74, 6) is 0. The van der Waals surface area contributed by atoms with Crippen LogP contribution in [-0.2, 0) is 0 Å². The highest BCUT2D eigenvalue weighted by Gasteiger charge is 2.11. The van der Waals surface area contributed by atoms with Crippen molar-refractivity contribution >= 4 is 22.9 Å². The standard InChI is InChI=1S/C11H14ClN5O/c1-2-3-4-5-6-18-11-16-15-10-8(13)9(12)14-7-17(10)11/h3-4,7H,2,5-6,13H2,1H3. The summed E-state index contributed by atoms with van der Waals surface area (Å²) in [6.07, 6.45) is 7.48. The smallest absolute Gasteiger partial charge is 0.322 e. The summed E-state index contributed by atoms with van der Waals surface area (Å²) in [4.78, 5) is 3.93. The zero-order valence-electron chi connectivity index (χ0n) is 10.0. The third-order valence-corrected chi connectivity index (χ3v) is 2.63. The summed E-state index contributed by atoms with van der Waals surface area (Å²) in [6, 6.07) is 0.366. The molecule has 0 saturated heterocycles. The number of nitrogens with zero attached hydrogens (tertiary/aromatic N) is 4. The van der Waals surface area contributed by atoms with Gasteiger partial charge in [-0.05, 0) is 12.8 Å². The van der Waals surface area contributed by atoms with E-state index in [0.29, 0.717) is 24.0 Å². The molecule has 0 aromatic carbocycles. The maximum Gasteiger partial charge on any atom is 0.322 e. The van der Waals surface area contributed by atoms with Crippen LogP contribution in [0.1, 0.15) is 19.8 Å². The number of rotatable bonds is 5. The van der Waals surface area contributed by atoms with Crippen LogP contribution in [0.15, 0.2) is 18.5 Å². The second kappa shape index (κ2) is 5.68. The lowest BCUT2D eigenvalue weighted by atomic mass is 10.3. The molecular weight excluding hydrogens is 254 g/mol. The van der Waals surface area contributed by atoms with E-state index >= 15 is 0 Å². The Morgan fingerprint density at radius 3 is 3.06 bits per heavy atom. The molecule has 0 fully saturated rings. The molecule has 0 aliphatic rings. The second-order valence-corrected chi connectivity index (χ2v) is 4.00. The van der Waals surface area contributed by atoms with Crippen LogP contribution in [0.3, 0.4) is 0 Å². The molecule has 0 spiro atoms. The van der Waals surface area contributed by atoms with Gasteiger partial charge in [0.15, 0.2) is 10.8 Å². The Morgan fingerprint density at radius 2 is 2.28 bits per heavy atom. The maximum atomic E-state index is 5.79. The van der Waals surface area contributed by atoms with Gasteiger partial charge in [-0.25, -0.2) is 9.38 Å². The first kappa shape index (κ1) is 12.6. The van der Waals surface area contributed by atoms with Crippen molar-refractivity contribution in [1.82, 2.24) is 19.6 Å². The Kier molecular flexibility index (Phi) is 3.99. The average Bonchev–Trinajstić information content (AvgIpc) is 2.78. The summed E-state index contributed by atoms with van der Waals surface area (Å²) in [6.45, 7) is 2.61. The molecule has 2 heterocycles. The number of nitrogen functional groups attached to an aromatic ring is 1. The third kappa shape index (κ3) is 2.53. The maximum absolute atomic E-state index is 5.79. The number of hydrogen-bond donors (Lipinski definition) is 1. The van der Waals surface area contributed by atoms with Gasteiger partial charge < -0.3 is 10.5 Å². The molecule has 0 bridgehead atoms. The minimum Gasteiger partial charge on any atom is -0.463 e. The zero-order valence-corrected chi connectivity index (χ0v) is 10.8. The van der Waals surface area contributed by atoms with Gasteiger partial charge in [0.25, 0.3) is 0 Å². The number of ether oxygens (including phenoxy) is 1. The van der Waals surface area contributed by atoms with Gasteiger partial charge in [0.2, 0.25) is 0 Å². The first-order valence-electron chi connectivity index (χ1n) is 5.66. The molecule has 0 saturated carbocycles. The number of allylic oxidation sites excluding steroid dienone is 1. The molecule has 2 N–H and O–H groups in total. The molecule has 2 aromatic rings. The molecule has 0 aliphatic carbocycles. The minimum absolute atomic E-state index is 0.215. The fourth-order valence-corrected chi connectivity index (χ4v) is 1.56. The van der Waals surface area contributed by atoms with Crippen LogP contribution >= 0.6 is 11.6 Å². The number of nitrogens with two attached hydrogens (primary N) is 1. The molecule has 0 atom stereocenters. The van der Waals surface area contributed by atoms with Crippen molar-refractivity contribution in [3.63, 3.8) is 0 Å². The van der Waals surface area contributed by atoms with Crippen molar-refractivity contribution in [3.8, 4) is 6.01 Å². The summed E-state index contributed by atoms with van der Waals surface area (Å²) in [5.41, 5.74) is 6.49. The van der Waals surface area contributed by atoms with Crippen LogP contribution in [0.5, 0.6) is 6.01 Å². The van der Waals surface area contributed by atoms with Crippen LogP contribution in [-0.4, -0.2) is 26.2 Å². The molecule has 7 heteroatoms. The number of anilines is 1. The zero-order chi connectivity index (χ0) is 13.0. The molecule has 18 heavy (non-hydrogen) atoms. The van der Waals surface area contributed by atoms with E-state index in [-0.39, 0.29) is 5.15 Å². The van der Waals surface area contributed by atoms with E-state index in [1.807, 2.05) is 0 Å². The Morgan fingerprint density at radius 1 is 1.44 bits per heavy atom. The molecule has 2 aromatic heterocycles. The van der Waals surface area contributed by atoms with Gasteiger partial charge >= 0.3 is 6.01 Å². The lowest BCUT2D eigenvalue weighted by molar-refractivity contribution is 0.295. The quantitative estimate of drug-likeness (QED) is 0.510. The van der Waals surface area contributed by atoms with Crippen molar-refractivity contribution in [2.75, 3.05) is 12.3 Å². The van der Waals surface area contributed by atoms with Crippen LogP contribution in [0, 0.1) is 0 Å². The van der Waals surface area contributed by atoms with Gasteiger partial charge in [-0.3, -0.25) is 0 Å². The highest BCUT2D eigenvalue weighted by atomic mass is 35.5. The predicted octanol–water partition coefficient (Wildman–Crippen LogP) is 2.09. The van der Waals surface area contributed by atoms with E-state index in [0.717, 1.165) is 12.8 Å². The Bertz CT molecular complexity index is 566. The highest BCUT2D eigenvalue weighted by Crippen LogP contribution is 2.22. The van der Waals surface area contributed by atoms with Crippen LogP contribution < -0.4 is 10.5 Å². The molecular formula is C11H14ClN5O. The average molecular weight is 268 g/mol. The third-order valence-electron chi connectivity index (χ3n) is 2.33. The monoisotopic (exact) mass is 267 g/mol. The number of halogens is 1. The van der Waals surface area contributed by atoms with Gasteiger partial charge in [0.05, 0.1) is 6.61 Å². The fourth-order valence-electron chi connectivity index (χ4n) is 1.44. The van der Waals surface area contributed by atoms with E-state index in [9.17, 15) is 0 Å². The summed E-state index contributed by atoms with van der Waals surface area (Å²) in [7, 11) is 0. The second-order valence-electron chi connectivity index (χ2n) is 3.64. The lowest BCUT2D eigenvalue weighted by Gasteiger charge is -2.02. The van der Waals surface area contributed by atoms with Crippen molar-refractivity contribution < 1.29 is 4.74 Å². The highest BCUT2D eigenvalue weighted by molar-refractivity contribution is 6.32. The van der Waals surface area contributed by atoms with Crippen molar-refractivity contribution in [2.45, 2.75) is 19.8 Å². The van der Waals surface area contributed by atoms with E-state index in [4.69, 9.17) is 22.1 Å². The van der Waals surface area contributed by atoms with Crippen LogP contribution in [0.25, 0.3) is 5.65 Å². The molecule has 96 valence electrons. The number of hydrogen-bond acceptors (Lipinski definition) is 5. The van der Waals surface area contributed by atoms with E-state index in [2.05, 4.69) is 34.3 Å². The van der Waals surface area contributed by atoms with E-state index < -0.39 is 0 Å². The molecule has 6 nitrogen and oxygen atoms in total. The minimum atomic E-state index is 0.215. The largest absolute Gasteiger partial charge is 0.463 e. The molecule has 0 radical (unpaired) electrons. The molecule has 2 rings (SSSR count). The Hall–Kier alpha value is -1.82. The molecule has 0 amide bonds. The first-order valence-corrected chi connectivity index (χ1v) is 6.04. The Labute approximate surface area is 109 Å². The first-order chi connectivity index (χ1) is 8.74.